The van der Waals surface area contributed by atoms with E-state index in [0.717, 1.165) is 11.3 Å². The summed E-state index contributed by atoms with van der Waals surface area (Å²) in [4.78, 5) is 27.5. The molecule has 1 unspecified atom stereocenters. The molecule has 0 aliphatic carbocycles. The third-order valence-corrected chi connectivity index (χ3v) is 4.44. The number of imide groups is 1. The number of urea groups is 1. The Bertz CT molecular complexity index is 683. The number of aromatic nitrogens is 1. The lowest BCUT2D eigenvalue weighted by Gasteiger charge is -2.23. The summed E-state index contributed by atoms with van der Waals surface area (Å²) < 4.78 is 4.14. The monoisotopic (exact) mass is 301 g/mol. The van der Waals surface area contributed by atoms with E-state index in [0.29, 0.717) is 5.00 Å². The van der Waals surface area contributed by atoms with Gasteiger partial charge in [0.05, 0.1) is 11.7 Å². The molecule has 0 spiro atoms. The van der Waals surface area contributed by atoms with Gasteiger partial charge in [-0.15, -0.1) is 0 Å². The molecule has 2 aromatic rings. The van der Waals surface area contributed by atoms with Crippen molar-refractivity contribution >= 4 is 28.5 Å². The summed E-state index contributed by atoms with van der Waals surface area (Å²) in [6, 6.07) is 11.1. The van der Waals surface area contributed by atoms with Gasteiger partial charge in [0.1, 0.15) is 11.5 Å². The van der Waals surface area contributed by atoms with Gasteiger partial charge in [-0.3, -0.25) is 4.79 Å². The molecule has 1 aliphatic heterocycles. The summed E-state index contributed by atoms with van der Waals surface area (Å²) in [5, 5.41) is 0.588. The van der Waals surface area contributed by atoms with E-state index >= 15 is 0 Å². The number of nitrogens with zero attached hydrogens (tertiary/aromatic N) is 3. The third-order valence-electron chi connectivity index (χ3n) is 3.58. The zero-order valence-corrected chi connectivity index (χ0v) is 12.6. The highest BCUT2D eigenvalue weighted by atomic mass is 32.1. The second-order valence-corrected chi connectivity index (χ2v) is 5.82. The molecule has 0 radical (unpaired) electrons. The zero-order valence-electron chi connectivity index (χ0n) is 11.8. The second kappa shape index (κ2) is 5.29. The Labute approximate surface area is 127 Å². The van der Waals surface area contributed by atoms with Crippen molar-refractivity contribution < 1.29 is 9.59 Å². The number of rotatable bonds is 3. The van der Waals surface area contributed by atoms with Crippen LogP contribution in [0.5, 0.6) is 0 Å². The predicted octanol–water partition coefficient (Wildman–Crippen LogP) is 2.98. The fourth-order valence-electron chi connectivity index (χ4n) is 2.41. The van der Waals surface area contributed by atoms with Crippen molar-refractivity contribution in [3.8, 4) is 0 Å². The quantitative estimate of drug-likeness (QED) is 0.819. The Kier molecular flexibility index (Phi) is 3.47. The van der Waals surface area contributed by atoms with Crippen LogP contribution in [-0.4, -0.2) is 27.8 Å². The minimum atomic E-state index is -0.278. The average molecular weight is 301 g/mol. The van der Waals surface area contributed by atoms with E-state index in [4.69, 9.17) is 0 Å². The van der Waals surface area contributed by atoms with Crippen LogP contribution in [-0.2, 0) is 4.79 Å². The van der Waals surface area contributed by atoms with Gasteiger partial charge in [0.25, 0.3) is 5.91 Å². The highest BCUT2D eigenvalue weighted by molar-refractivity contribution is 7.10. The molecule has 6 heteroatoms. The van der Waals surface area contributed by atoms with Crippen LogP contribution >= 0.6 is 11.5 Å². The SMILES string of the molecule is Cc1cc(N2C(=O)CN(C(C)c3ccccc3)C2=O)sn1. The summed E-state index contributed by atoms with van der Waals surface area (Å²) >= 11 is 1.17. The van der Waals surface area contributed by atoms with Gasteiger partial charge in [0.15, 0.2) is 0 Å². The molecule has 1 atom stereocenters. The van der Waals surface area contributed by atoms with Gasteiger partial charge in [-0.05, 0) is 37.0 Å². The van der Waals surface area contributed by atoms with Crippen LogP contribution in [0, 0.1) is 6.92 Å². The van der Waals surface area contributed by atoms with E-state index in [1.165, 1.54) is 16.4 Å². The third kappa shape index (κ3) is 2.42. The number of hydrogen-bond acceptors (Lipinski definition) is 4. The van der Waals surface area contributed by atoms with E-state index < -0.39 is 0 Å². The first-order valence-corrected chi connectivity index (χ1v) is 7.47. The maximum absolute atomic E-state index is 12.6. The van der Waals surface area contributed by atoms with E-state index in [1.807, 2.05) is 44.2 Å². The van der Waals surface area contributed by atoms with Gasteiger partial charge >= 0.3 is 6.03 Å². The summed E-state index contributed by atoms with van der Waals surface area (Å²) in [7, 11) is 0. The van der Waals surface area contributed by atoms with Crippen molar-refractivity contribution in [3.63, 3.8) is 0 Å². The first kappa shape index (κ1) is 13.8. The molecule has 5 nitrogen and oxygen atoms in total. The van der Waals surface area contributed by atoms with Crippen LogP contribution in [0.4, 0.5) is 9.80 Å². The van der Waals surface area contributed by atoms with E-state index in [1.54, 1.807) is 11.0 Å². The molecule has 1 aromatic carbocycles. The molecule has 0 N–H and O–H groups in total. The van der Waals surface area contributed by atoms with Gasteiger partial charge in [-0.1, -0.05) is 30.3 Å². The molecule has 2 heterocycles. The zero-order chi connectivity index (χ0) is 15.0. The molecule has 3 amide bonds. The first-order chi connectivity index (χ1) is 10.1. The lowest BCUT2D eigenvalue weighted by molar-refractivity contribution is -0.116. The average Bonchev–Trinajstić information content (AvgIpc) is 3.02. The minimum absolute atomic E-state index is 0.103. The molecular formula is C15H15N3O2S. The number of carbonyl (C=O) groups is 2. The second-order valence-electron chi connectivity index (χ2n) is 5.03. The Hall–Kier alpha value is -2.21. The fraction of sp³-hybridized carbons (Fsp3) is 0.267. The summed E-state index contributed by atoms with van der Waals surface area (Å²) in [6.07, 6.45) is 0. The van der Waals surface area contributed by atoms with E-state index in [9.17, 15) is 9.59 Å². The van der Waals surface area contributed by atoms with Crippen LogP contribution < -0.4 is 4.90 Å². The number of carbonyl (C=O) groups excluding carboxylic acids is 2. The predicted molar refractivity (Wildman–Crippen MR) is 81.3 cm³/mol. The Morgan fingerprint density at radius 1 is 1.24 bits per heavy atom. The highest BCUT2D eigenvalue weighted by Crippen LogP contribution is 2.30. The summed E-state index contributed by atoms with van der Waals surface area (Å²) in [5.41, 5.74) is 1.83. The maximum Gasteiger partial charge on any atom is 0.333 e. The van der Waals surface area contributed by atoms with Crippen molar-refractivity contribution in [1.82, 2.24) is 9.27 Å². The Balaban J connectivity index is 1.87. The van der Waals surface area contributed by atoms with Crippen LogP contribution in [0.15, 0.2) is 36.4 Å². The van der Waals surface area contributed by atoms with Crippen LogP contribution in [0.25, 0.3) is 0 Å². The first-order valence-electron chi connectivity index (χ1n) is 6.70. The number of anilines is 1. The molecule has 3 rings (SSSR count). The molecule has 1 aromatic heterocycles. The number of amides is 3. The van der Waals surface area contributed by atoms with Crippen LogP contribution in [0.3, 0.4) is 0 Å². The van der Waals surface area contributed by atoms with Gasteiger partial charge in [-0.25, -0.2) is 9.69 Å². The summed E-state index contributed by atoms with van der Waals surface area (Å²) in [6.45, 7) is 3.88. The molecule has 0 bridgehead atoms. The largest absolute Gasteiger partial charge is 0.333 e. The molecule has 1 saturated heterocycles. The van der Waals surface area contributed by atoms with Crippen molar-refractivity contribution in [1.29, 1.82) is 0 Å². The molecule has 1 aliphatic rings. The van der Waals surface area contributed by atoms with Crippen molar-refractivity contribution in [2.45, 2.75) is 19.9 Å². The van der Waals surface area contributed by atoms with Crippen LogP contribution in [0.1, 0.15) is 24.2 Å². The van der Waals surface area contributed by atoms with Gasteiger partial charge in [0.2, 0.25) is 0 Å². The standard InChI is InChI=1S/C15H15N3O2S/c1-10-8-14(21-16-10)18-13(19)9-17(15(18)20)11(2)12-6-4-3-5-7-12/h3-8,11H,9H2,1-2H3. The number of hydrogen-bond donors (Lipinski definition) is 0. The normalized spacial score (nSPS) is 16.7. The van der Waals surface area contributed by atoms with Gasteiger partial charge in [-0.2, -0.15) is 4.37 Å². The minimum Gasteiger partial charge on any atom is -0.308 e. The molecule has 1 fully saturated rings. The topological polar surface area (TPSA) is 53.5 Å². The summed E-state index contributed by atoms with van der Waals surface area (Å²) in [5.74, 6) is -0.202. The number of aryl methyl sites for hydroxylation is 1. The Morgan fingerprint density at radius 3 is 2.57 bits per heavy atom. The lowest BCUT2D eigenvalue weighted by atomic mass is 10.1. The smallest absolute Gasteiger partial charge is 0.308 e. The fourth-order valence-corrected chi connectivity index (χ4v) is 3.18. The molecule has 21 heavy (non-hydrogen) atoms. The molecular weight excluding hydrogens is 286 g/mol. The van der Waals surface area contributed by atoms with E-state index in [2.05, 4.69) is 4.37 Å². The molecule has 0 saturated carbocycles. The van der Waals surface area contributed by atoms with Gasteiger partial charge < -0.3 is 4.90 Å². The molecule has 108 valence electrons. The van der Waals surface area contributed by atoms with Crippen molar-refractivity contribution in [2.24, 2.45) is 0 Å². The van der Waals surface area contributed by atoms with Crippen molar-refractivity contribution in [2.75, 3.05) is 11.4 Å². The van der Waals surface area contributed by atoms with E-state index in [-0.39, 0.29) is 24.5 Å². The maximum atomic E-state index is 12.6. The lowest BCUT2D eigenvalue weighted by Crippen LogP contribution is -2.33. The number of benzene rings is 1. The van der Waals surface area contributed by atoms with Crippen molar-refractivity contribution in [3.05, 3.63) is 47.7 Å². The van der Waals surface area contributed by atoms with Gasteiger partial charge in [0, 0.05) is 0 Å². The van der Waals surface area contributed by atoms with Crippen LogP contribution in [0.2, 0.25) is 0 Å². The Morgan fingerprint density at radius 2 is 1.95 bits per heavy atom. The highest BCUT2D eigenvalue weighted by Gasteiger charge is 2.40.